The minimum Gasteiger partial charge on any atom is -0.369 e. The van der Waals surface area contributed by atoms with Gasteiger partial charge in [-0.2, -0.15) is 13.2 Å². The van der Waals surface area contributed by atoms with E-state index in [0.717, 1.165) is 12.1 Å². The fraction of sp³-hybridized carbons (Fsp3) is 0.250. The number of rotatable bonds is 2. The maximum atomic E-state index is 12.5. The molecule has 2 rings (SSSR count). The Balaban J connectivity index is 2.24. The molecular weight excluding hydrogens is 243 g/mol. The van der Waals surface area contributed by atoms with E-state index in [2.05, 4.69) is 4.98 Å². The lowest BCUT2D eigenvalue weighted by Crippen LogP contribution is -2.05. The molecule has 2 aromatic rings. The molecule has 1 aromatic carbocycles. The third-order valence-electron chi connectivity index (χ3n) is 2.60. The van der Waals surface area contributed by atoms with Crippen LogP contribution < -0.4 is 5.73 Å². The first-order valence-corrected chi connectivity index (χ1v) is 5.30. The van der Waals surface area contributed by atoms with E-state index in [1.165, 1.54) is 6.07 Å². The first-order chi connectivity index (χ1) is 8.36. The summed E-state index contributed by atoms with van der Waals surface area (Å²) < 4.78 is 39.2. The van der Waals surface area contributed by atoms with Crippen LogP contribution in [0.15, 0.2) is 30.5 Å². The van der Waals surface area contributed by atoms with Gasteiger partial charge in [-0.25, -0.2) is 4.98 Å². The van der Waals surface area contributed by atoms with Gasteiger partial charge in [0.05, 0.1) is 11.3 Å². The van der Waals surface area contributed by atoms with E-state index < -0.39 is 11.7 Å². The van der Waals surface area contributed by atoms with Crippen LogP contribution in [0.3, 0.4) is 0 Å². The molecule has 0 radical (unpaired) electrons. The van der Waals surface area contributed by atoms with E-state index in [1.807, 2.05) is 0 Å². The Bertz CT molecular complexity index is 538. The number of halogens is 3. The number of hydrogen-bond donors (Lipinski definition) is 1. The van der Waals surface area contributed by atoms with Crippen molar-refractivity contribution in [3.05, 3.63) is 47.3 Å². The second-order valence-electron chi connectivity index (χ2n) is 4.08. The topological polar surface area (TPSA) is 43.8 Å². The minimum atomic E-state index is -4.32. The normalized spacial score (nSPS) is 11.8. The summed E-state index contributed by atoms with van der Waals surface area (Å²) in [4.78, 5) is 4.06. The third-order valence-corrected chi connectivity index (χ3v) is 2.60. The Morgan fingerprint density at radius 1 is 1.33 bits per heavy atom. The molecule has 6 heteroatoms. The molecule has 1 aromatic heterocycles. The van der Waals surface area contributed by atoms with Crippen LogP contribution >= 0.6 is 0 Å². The fourth-order valence-corrected chi connectivity index (χ4v) is 1.70. The molecule has 0 aliphatic heterocycles. The van der Waals surface area contributed by atoms with Crippen LogP contribution in [0.5, 0.6) is 0 Å². The van der Waals surface area contributed by atoms with Crippen molar-refractivity contribution < 1.29 is 13.2 Å². The summed E-state index contributed by atoms with van der Waals surface area (Å²) in [6.07, 6.45) is -2.29. The summed E-state index contributed by atoms with van der Waals surface area (Å²) >= 11 is 0. The monoisotopic (exact) mass is 255 g/mol. The van der Waals surface area contributed by atoms with Crippen LogP contribution in [0.4, 0.5) is 19.1 Å². The Labute approximate surface area is 102 Å². The molecule has 18 heavy (non-hydrogen) atoms. The van der Waals surface area contributed by atoms with Crippen LogP contribution in [0.1, 0.15) is 16.8 Å². The van der Waals surface area contributed by atoms with Gasteiger partial charge < -0.3 is 10.3 Å². The lowest BCUT2D eigenvalue weighted by molar-refractivity contribution is -0.137. The van der Waals surface area contributed by atoms with Gasteiger partial charge in [-0.1, -0.05) is 18.2 Å². The van der Waals surface area contributed by atoms with Crippen LogP contribution in [-0.4, -0.2) is 9.55 Å². The largest absolute Gasteiger partial charge is 0.416 e. The van der Waals surface area contributed by atoms with Crippen molar-refractivity contribution >= 4 is 5.95 Å². The zero-order valence-corrected chi connectivity index (χ0v) is 9.70. The highest BCUT2D eigenvalue weighted by molar-refractivity contribution is 5.30. The van der Waals surface area contributed by atoms with Gasteiger partial charge in [-0.3, -0.25) is 0 Å². The Morgan fingerprint density at radius 2 is 2.06 bits per heavy atom. The average Bonchev–Trinajstić information content (AvgIpc) is 2.57. The molecular formula is C12H12F3N3. The highest BCUT2D eigenvalue weighted by atomic mass is 19.4. The fourth-order valence-electron chi connectivity index (χ4n) is 1.70. The van der Waals surface area contributed by atoms with Gasteiger partial charge in [0, 0.05) is 19.7 Å². The first kappa shape index (κ1) is 12.5. The number of aryl methyl sites for hydroxylation is 1. The lowest BCUT2D eigenvalue weighted by Gasteiger charge is -2.07. The van der Waals surface area contributed by atoms with Crippen molar-refractivity contribution in [2.45, 2.75) is 12.6 Å². The number of hydrogen-bond acceptors (Lipinski definition) is 2. The Hall–Kier alpha value is -1.98. The SMILES string of the molecule is Cn1cc(Cc2cccc(C(F)(F)F)c2)nc1N. The molecule has 0 aliphatic carbocycles. The van der Waals surface area contributed by atoms with Crippen LogP contribution in [0, 0.1) is 0 Å². The van der Waals surface area contributed by atoms with Gasteiger partial charge in [0.2, 0.25) is 0 Å². The molecule has 0 amide bonds. The molecule has 0 aliphatic rings. The zero-order valence-electron chi connectivity index (χ0n) is 9.70. The molecule has 0 saturated carbocycles. The average molecular weight is 255 g/mol. The minimum absolute atomic E-state index is 0.328. The summed E-state index contributed by atoms with van der Waals surface area (Å²) in [5.74, 6) is 0.344. The molecule has 0 unspecified atom stereocenters. The molecule has 0 saturated heterocycles. The molecule has 3 nitrogen and oxygen atoms in total. The highest BCUT2D eigenvalue weighted by Gasteiger charge is 2.30. The highest BCUT2D eigenvalue weighted by Crippen LogP contribution is 2.29. The summed E-state index contributed by atoms with van der Waals surface area (Å²) in [6, 6.07) is 5.21. The Kier molecular flexibility index (Phi) is 3.02. The van der Waals surface area contributed by atoms with Crippen molar-refractivity contribution in [1.29, 1.82) is 0 Å². The molecule has 0 atom stereocenters. The van der Waals surface area contributed by atoms with Gasteiger partial charge in [-0.15, -0.1) is 0 Å². The van der Waals surface area contributed by atoms with E-state index >= 15 is 0 Å². The summed E-state index contributed by atoms with van der Waals surface area (Å²) in [5, 5.41) is 0. The van der Waals surface area contributed by atoms with E-state index in [9.17, 15) is 13.2 Å². The van der Waals surface area contributed by atoms with Crippen LogP contribution in [-0.2, 0) is 19.6 Å². The van der Waals surface area contributed by atoms with Gasteiger partial charge >= 0.3 is 6.18 Å². The predicted molar refractivity (Wildman–Crippen MR) is 61.9 cm³/mol. The van der Waals surface area contributed by atoms with Gasteiger partial charge in [0.15, 0.2) is 5.95 Å². The number of aromatic nitrogens is 2. The molecule has 0 fully saturated rings. The van der Waals surface area contributed by atoms with Crippen LogP contribution in [0.2, 0.25) is 0 Å². The van der Waals surface area contributed by atoms with E-state index in [1.54, 1.807) is 23.9 Å². The third kappa shape index (κ3) is 2.64. The molecule has 2 N–H and O–H groups in total. The second kappa shape index (κ2) is 4.36. The number of imidazole rings is 1. The summed E-state index contributed by atoms with van der Waals surface area (Å²) in [6.45, 7) is 0. The van der Waals surface area contributed by atoms with Crippen molar-refractivity contribution in [3.8, 4) is 0 Å². The standard InChI is InChI=1S/C12H12F3N3/c1-18-7-10(17-11(18)16)6-8-3-2-4-9(5-8)12(13,14)15/h2-5,7H,6H2,1H3,(H2,16,17). The quantitative estimate of drug-likeness (QED) is 0.896. The van der Waals surface area contributed by atoms with Crippen molar-refractivity contribution in [2.24, 2.45) is 7.05 Å². The maximum absolute atomic E-state index is 12.5. The van der Waals surface area contributed by atoms with Gasteiger partial charge in [-0.05, 0) is 11.6 Å². The predicted octanol–water partition coefficient (Wildman–Crippen LogP) is 2.61. The van der Waals surface area contributed by atoms with E-state index in [0.29, 0.717) is 23.6 Å². The first-order valence-electron chi connectivity index (χ1n) is 5.30. The molecule has 1 heterocycles. The number of anilines is 1. The van der Waals surface area contributed by atoms with E-state index in [4.69, 9.17) is 5.73 Å². The molecule has 0 spiro atoms. The van der Waals surface area contributed by atoms with Gasteiger partial charge in [0.1, 0.15) is 0 Å². The molecule has 96 valence electrons. The van der Waals surface area contributed by atoms with Crippen molar-refractivity contribution in [1.82, 2.24) is 9.55 Å². The summed E-state index contributed by atoms with van der Waals surface area (Å²) in [5.41, 5.74) is 6.12. The smallest absolute Gasteiger partial charge is 0.369 e. The number of nitrogens with two attached hydrogens (primary N) is 1. The van der Waals surface area contributed by atoms with Crippen molar-refractivity contribution in [2.75, 3.05) is 5.73 Å². The lowest BCUT2D eigenvalue weighted by atomic mass is 10.1. The van der Waals surface area contributed by atoms with Crippen LogP contribution in [0.25, 0.3) is 0 Å². The van der Waals surface area contributed by atoms with E-state index in [-0.39, 0.29) is 0 Å². The zero-order chi connectivity index (χ0) is 13.3. The Morgan fingerprint density at radius 3 is 2.61 bits per heavy atom. The second-order valence-corrected chi connectivity index (χ2v) is 4.08. The number of benzene rings is 1. The maximum Gasteiger partial charge on any atom is 0.416 e. The summed E-state index contributed by atoms with van der Waals surface area (Å²) in [7, 11) is 1.73. The number of nitrogens with zero attached hydrogens (tertiary/aromatic N) is 2. The molecule has 0 bridgehead atoms. The van der Waals surface area contributed by atoms with Gasteiger partial charge in [0.25, 0.3) is 0 Å². The number of alkyl halides is 3. The van der Waals surface area contributed by atoms with Crippen molar-refractivity contribution in [3.63, 3.8) is 0 Å². The number of nitrogen functional groups attached to an aromatic ring is 1.